The van der Waals surface area contributed by atoms with E-state index in [-0.39, 0.29) is 17.2 Å². The second-order valence-electron chi connectivity index (χ2n) is 8.74. The molecule has 190 valence electrons. The number of hydrogen-bond acceptors (Lipinski definition) is 5. The van der Waals surface area contributed by atoms with Gasteiger partial charge < -0.3 is 25.9 Å². The van der Waals surface area contributed by atoms with E-state index >= 15 is 0 Å². The van der Waals surface area contributed by atoms with Crippen LogP contribution in [0, 0.1) is 0 Å². The largest absolute Gasteiger partial charge is 0.397 e. The molecule has 0 aliphatic rings. The van der Waals surface area contributed by atoms with Gasteiger partial charge in [-0.25, -0.2) is 0 Å². The molecule has 5 aromatic rings. The van der Waals surface area contributed by atoms with E-state index < -0.39 is 5.91 Å². The van der Waals surface area contributed by atoms with E-state index in [0.29, 0.717) is 33.5 Å². The zero-order valence-electron chi connectivity index (χ0n) is 20.7. The summed E-state index contributed by atoms with van der Waals surface area (Å²) in [5.41, 5.74) is 10.0. The molecule has 5 N–H and O–H groups in total. The number of anilines is 3. The molecular weight excluding hydrogens is 498 g/mol. The first-order valence-corrected chi connectivity index (χ1v) is 13.0. The van der Waals surface area contributed by atoms with Crippen LogP contribution in [0.1, 0.15) is 20.8 Å². The van der Waals surface area contributed by atoms with Gasteiger partial charge in [-0.3, -0.25) is 14.4 Å². The number of carbonyl (C=O) groups excluding carboxylic acids is 2. The Kier molecular flexibility index (Phi) is 6.76. The standard InChI is InChI=1S/C29H25N5O3S/c1-34-16-22(18-6-5-7-20(14-18)38-2)21-15-25(32-26(21)29(34)37)28(36)31-19-12-10-17(11-13-19)27(35)33-24-9-4-3-8-23(24)30/h3-16,32H,30H2,1-2H3,(H,31,36)(H,33,35). The third kappa shape index (κ3) is 4.91. The molecule has 0 saturated carbocycles. The number of carbonyl (C=O) groups is 2. The second-order valence-corrected chi connectivity index (χ2v) is 9.61. The van der Waals surface area contributed by atoms with Gasteiger partial charge in [0.05, 0.1) is 11.4 Å². The van der Waals surface area contributed by atoms with Gasteiger partial charge in [0, 0.05) is 40.3 Å². The van der Waals surface area contributed by atoms with E-state index in [4.69, 9.17) is 5.73 Å². The van der Waals surface area contributed by atoms with E-state index in [9.17, 15) is 14.4 Å². The first-order chi connectivity index (χ1) is 18.3. The number of nitrogens with two attached hydrogens (primary N) is 1. The van der Waals surface area contributed by atoms with Gasteiger partial charge >= 0.3 is 0 Å². The maximum atomic E-state index is 13.1. The number of aryl methyl sites for hydroxylation is 1. The highest BCUT2D eigenvalue weighted by Crippen LogP contribution is 2.30. The lowest BCUT2D eigenvalue weighted by molar-refractivity contribution is 0.101. The summed E-state index contributed by atoms with van der Waals surface area (Å²) >= 11 is 1.63. The van der Waals surface area contributed by atoms with Crippen molar-refractivity contribution in [2.75, 3.05) is 22.6 Å². The molecule has 0 spiro atoms. The second kappa shape index (κ2) is 10.3. The predicted octanol–water partition coefficient (Wildman–Crippen LogP) is 5.34. The Hall–Kier alpha value is -4.76. The number of thioether (sulfide) groups is 1. The van der Waals surface area contributed by atoms with Gasteiger partial charge in [-0.2, -0.15) is 0 Å². The van der Waals surface area contributed by atoms with Gasteiger partial charge in [0.2, 0.25) is 0 Å². The molecule has 0 atom stereocenters. The summed E-state index contributed by atoms with van der Waals surface area (Å²) in [6.07, 6.45) is 3.79. The molecule has 3 aromatic carbocycles. The van der Waals surface area contributed by atoms with Crippen LogP contribution in [0.4, 0.5) is 17.1 Å². The topological polar surface area (TPSA) is 122 Å². The molecular formula is C29H25N5O3S. The van der Waals surface area contributed by atoms with Crippen LogP contribution in [0.15, 0.2) is 94.7 Å². The van der Waals surface area contributed by atoms with Crippen molar-refractivity contribution in [2.45, 2.75) is 4.90 Å². The average Bonchev–Trinajstić information content (AvgIpc) is 3.38. The zero-order chi connectivity index (χ0) is 26.8. The first kappa shape index (κ1) is 24.9. The van der Waals surface area contributed by atoms with E-state index in [2.05, 4.69) is 21.7 Å². The van der Waals surface area contributed by atoms with Crippen molar-refractivity contribution >= 4 is 51.5 Å². The number of para-hydroxylation sites is 2. The summed E-state index contributed by atoms with van der Waals surface area (Å²) in [5, 5.41) is 6.27. The van der Waals surface area contributed by atoms with E-state index in [0.717, 1.165) is 16.0 Å². The van der Waals surface area contributed by atoms with Crippen LogP contribution in [0.2, 0.25) is 0 Å². The first-order valence-electron chi connectivity index (χ1n) is 11.8. The third-order valence-electron chi connectivity index (χ3n) is 6.20. The highest BCUT2D eigenvalue weighted by atomic mass is 32.2. The summed E-state index contributed by atoms with van der Waals surface area (Å²) in [4.78, 5) is 42.6. The lowest BCUT2D eigenvalue weighted by Gasteiger charge is -2.09. The number of pyridine rings is 1. The number of fused-ring (bicyclic) bond motifs is 1. The number of nitrogens with zero attached hydrogens (tertiary/aromatic N) is 1. The number of H-pyrrole nitrogens is 1. The number of benzene rings is 3. The van der Waals surface area contributed by atoms with E-state index in [1.54, 1.807) is 79.6 Å². The van der Waals surface area contributed by atoms with Crippen LogP contribution < -0.4 is 21.9 Å². The van der Waals surface area contributed by atoms with E-state index in [1.165, 1.54) is 4.57 Å². The minimum absolute atomic E-state index is 0.224. The van der Waals surface area contributed by atoms with E-state index in [1.807, 2.05) is 24.5 Å². The summed E-state index contributed by atoms with van der Waals surface area (Å²) in [6.45, 7) is 0. The molecule has 2 amide bonds. The number of amides is 2. The van der Waals surface area contributed by atoms with Crippen molar-refractivity contribution in [3.05, 3.63) is 107 Å². The highest BCUT2D eigenvalue weighted by molar-refractivity contribution is 7.98. The van der Waals surface area contributed by atoms with Crippen molar-refractivity contribution < 1.29 is 9.59 Å². The molecule has 0 fully saturated rings. The summed E-state index contributed by atoms with van der Waals surface area (Å²) in [6, 6.07) is 23.2. The number of nitrogen functional groups attached to an aromatic ring is 1. The van der Waals surface area contributed by atoms with Crippen LogP contribution in [0.25, 0.3) is 22.0 Å². The number of aromatic amines is 1. The minimum atomic E-state index is -0.402. The number of nitrogens with one attached hydrogen (secondary N) is 3. The normalized spacial score (nSPS) is 10.9. The van der Waals surface area contributed by atoms with Crippen LogP contribution >= 0.6 is 11.8 Å². The smallest absolute Gasteiger partial charge is 0.274 e. The molecule has 2 heterocycles. The summed E-state index contributed by atoms with van der Waals surface area (Å²) in [5.74, 6) is -0.716. The fourth-order valence-electron chi connectivity index (χ4n) is 4.19. The molecule has 0 saturated heterocycles. The minimum Gasteiger partial charge on any atom is -0.397 e. The van der Waals surface area contributed by atoms with Gasteiger partial charge in [0.1, 0.15) is 11.2 Å². The highest BCUT2D eigenvalue weighted by Gasteiger charge is 2.17. The SMILES string of the molecule is CSc1cccc(-c2cn(C)c(=O)c3[nH]c(C(=O)Nc4ccc(C(=O)Nc5ccccc5N)cc4)cc23)c1. The number of rotatable bonds is 6. The Balaban J connectivity index is 1.38. The van der Waals surface area contributed by atoms with Gasteiger partial charge in [0.15, 0.2) is 0 Å². The Labute approximate surface area is 222 Å². The Morgan fingerprint density at radius 3 is 2.42 bits per heavy atom. The van der Waals surface area contributed by atoms with Crippen molar-refractivity contribution in [2.24, 2.45) is 7.05 Å². The number of aromatic nitrogens is 2. The van der Waals surface area contributed by atoms with Crippen molar-refractivity contribution in [3.63, 3.8) is 0 Å². The van der Waals surface area contributed by atoms with Gasteiger partial charge in [-0.15, -0.1) is 11.8 Å². The molecule has 2 aromatic heterocycles. The molecule has 38 heavy (non-hydrogen) atoms. The van der Waals surface area contributed by atoms with Crippen molar-refractivity contribution in [1.82, 2.24) is 9.55 Å². The van der Waals surface area contributed by atoms with Crippen LogP contribution in [-0.2, 0) is 7.05 Å². The van der Waals surface area contributed by atoms with Gasteiger partial charge in [0.25, 0.3) is 17.4 Å². The fourth-order valence-corrected chi connectivity index (χ4v) is 4.64. The van der Waals surface area contributed by atoms with Crippen LogP contribution in [0.3, 0.4) is 0 Å². The summed E-state index contributed by atoms with van der Waals surface area (Å²) < 4.78 is 1.51. The lowest BCUT2D eigenvalue weighted by atomic mass is 10.0. The Morgan fingerprint density at radius 1 is 0.921 bits per heavy atom. The molecule has 0 aliphatic heterocycles. The van der Waals surface area contributed by atoms with Crippen molar-refractivity contribution in [1.29, 1.82) is 0 Å². The molecule has 9 heteroatoms. The maximum Gasteiger partial charge on any atom is 0.274 e. The zero-order valence-corrected chi connectivity index (χ0v) is 21.6. The lowest BCUT2D eigenvalue weighted by Crippen LogP contribution is -2.17. The Bertz CT molecular complexity index is 1740. The maximum absolute atomic E-state index is 13.1. The molecule has 0 unspecified atom stereocenters. The molecule has 0 aliphatic carbocycles. The van der Waals surface area contributed by atoms with Crippen molar-refractivity contribution in [3.8, 4) is 11.1 Å². The monoisotopic (exact) mass is 523 g/mol. The van der Waals surface area contributed by atoms with Crippen LogP contribution in [0.5, 0.6) is 0 Å². The van der Waals surface area contributed by atoms with Gasteiger partial charge in [-0.1, -0.05) is 24.3 Å². The molecule has 5 rings (SSSR count). The molecule has 8 nitrogen and oxygen atoms in total. The fraction of sp³-hybridized carbons (Fsp3) is 0.0690. The third-order valence-corrected chi connectivity index (χ3v) is 6.93. The van der Waals surface area contributed by atoms with Crippen LogP contribution in [-0.4, -0.2) is 27.6 Å². The quantitative estimate of drug-likeness (QED) is 0.177. The average molecular weight is 524 g/mol. The number of hydrogen-bond donors (Lipinski definition) is 4. The Morgan fingerprint density at radius 2 is 1.68 bits per heavy atom. The van der Waals surface area contributed by atoms with Gasteiger partial charge in [-0.05, 0) is 66.4 Å². The predicted molar refractivity (Wildman–Crippen MR) is 154 cm³/mol. The molecule has 0 radical (unpaired) electrons. The summed E-state index contributed by atoms with van der Waals surface area (Å²) in [7, 11) is 1.69. The molecule has 0 bridgehead atoms.